The minimum absolute atomic E-state index is 0. The van der Waals surface area contributed by atoms with E-state index in [1.54, 1.807) is 0 Å². The summed E-state index contributed by atoms with van der Waals surface area (Å²) >= 11 is 0. The molecule has 0 unspecified atom stereocenters. The summed E-state index contributed by atoms with van der Waals surface area (Å²) in [6.45, 7) is 0. The average molecular weight is 167 g/mol. The normalized spacial score (nSPS) is 4.71. The molecule has 46 valence electrons. The van der Waals surface area contributed by atoms with Gasteiger partial charge in [0.25, 0.3) is 0 Å². The smallest absolute Gasteiger partial charge is 0.448 e. The van der Waals surface area contributed by atoms with Crippen LogP contribution in [0.15, 0.2) is 0 Å². The van der Waals surface area contributed by atoms with Crippen LogP contribution in [-0.4, -0.2) is 33.9 Å². The van der Waals surface area contributed by atoms with Crippen LogP contribution in [0.25, 0.3) is 0 Å². The fourth-order valence-corrected chi connectivity index (χ4v) is 0. The van der Waals surface area contributed by atoms with Gasteiger partial charge in [-0.25, -0.2) is 4.79 Å². The van der Waals surface area contributed by atoms with Crippen molar-refractivity contribution < 1.29 is 36.5 Å². The van der Waals surface area contributed by atoms with Crippen molar-refractivity contribution in [1.29, 1.82) is 0 Å². The van der Waals surface area contributed by atoms with Gasteiger partial charge in [0.2, 0.25) is 0 Å². The number of hydrogen-bond acceptors (Lipinski definition) is 3. The number of rotatable bonds is 0. The molecule has 0 aromatic carbocycles. The van der Waals surface area contributed by atoms with Crippen LogP contribution in [0.5, 0.6) is 0 Å². The molecule has 0 radical (unpaired) electrons. The molecule has 0 spiro atoms. The summed E-state index contributed by atoms with van der Waals surface area (Å²) in [5, 5.41) is 14.3. The topological polar surface area (TPSA) is 66.8 Å². The molecule has 0 saturated heterocycles. The summed E-state index contributed by atoms with van der Waals surface area (Å²) in [7, 11) is 0. The molecule has 0 bridgehead atoms. The summed E-state index contributed by atoms with van der Waals surface area (Å²) in [5.41, 5.74) is 0. The Balaban J connectivity index is -0.0000000800. The van der Waals surface area contributed by atoms with Crippen molar-refractivity contribution in [3.63, 3.8) is 0 Å². The van der Waals surface area contributed by atoms with Gasteiger partial charge in [0, 0.05) is 16.5 Å². The van der Waals surface area contributed by atoms with E-state index in [1.807, 2.05) is 0 Å². The molecule has 0 fully saturated rings. The summed E-state index contributed by atoms with van der Waals surface area (Å²) in [6, 6.07) is 0. The first-order valence-electron chi connectivity index (χ1n) is 0.814. The Morgan fingerprint density at radius 1 is 1.57 bits per heavy atom. The van der Waals surface area contributed by atoms with Crippen LogP contribution in [-0.2, 0) is 21.4 Å². The molecule has 0 saturated carbocycles. The molecule has 0 atom stereocenters. The molecule has 7 heavy (non-hydrogen) atoms. The second kappa shape index (κ2) is 9.54. The predicted octanol–water partition coefficient (Wildman–Crippen LogP) is -1.03. The van der Waals surface area contributed by atoms with Gasteiger partial charge in [-0.1, -0.05) is 0 Å². The zero-order chi connectivity index (χ0) is 4.28. The molecule has 0 aromatic heterocycles. The molecule has 0 aliphatic rings. The molecule has 0 aliphatic carbocycles. The van der Waals surface area contributed by atoms with Gasteiger partial charge in [-0.2, -0.15) is 5.26 Å². The van der Waals surface area contributed by atoms with E-state index in [-0.39, 0.29) is 33.9 Å². The van der Waals surface area contributed by atoms with Gasteiger partial charge in [0.15, 0.2) is 17.4 Å². The average Bonchev–Trinajstić information content (AvgIpc) is 1.38. The van der Waals surface area contributed by atoms with Crippen LogP contribution in [0.3, 0.4) is 0 Å². The molecule has 0 amide bonds. The number of carbonyl (C=O) groups is 1. The molecule has 0 aliphatic heterocycles. The molecule has 4 nitrogen and oxygen atoms in total. The van der Waals surface area contributed by atoms with Crippen molar-refractivity contribution in [3.8, 4) is 0 Å². The largest absolute Gasteiger partial charge is 0.537 e. The Morgan fingerprint density at radius 2 is 1.71 bits per heavy atom. The van der Waals surface area contributed by atoms with Crippen LogP contribution >= 0.6 is 0 Å². The first kappa shape index (κ1) is 15.7. The quantitative estimate of drug-likeness (QED) is 0.274. The van der Waals surface area contributed by atoms with Gasteiger partial charge in [-0.15, -0.1) is 0 Å². The van der Waals surface area contributed by atoms with Crippen molar-refractivity contribution in [3.05, 3.63) is 0 Å². The van der Waals surface area contributed by atoms with E-state index in [9.17, 15) is 0 Å². The van der Waals surface area contributed by atoms with Crippen LogP contribution in [0.4, 0.5) is 4.79 Å². The maximum Gasteiger partial charge on any atom is 0.537 e. The van der Waals surface area contributed by atoms with Gasteiger partial charge in [-0.3, -0.25) is 4.89 Å². The van der Waals surface area contributed by atoms with E-state index in [4.69, 9.17) is 15.2 Å². The van der Waals surface area contributed by atoms with Crippen LogP contribution in [0.2, 0.25) is 0 Å². The van der Waals surface area contributed by atoms with E-state index in [2.05, 4.69) is 4.89 Å². The third-order valence-corrected chi connectivity index (χ3v) is 0.0781. The molecule has 0 heterocycles. The molecule has 0 rings (SSSR count). The maximum atomic E-state index is 8.90. The third-order valence-electron chi connectivity index (χ3n) is 0.0781. The Morgan fingerprint density at radius 3 is 1.71 bits per heavy atom. The minimum Gasteiger partial charge on any atom is -0.448 e. The Kier molecular flexibility index (Phi) is 21.4. The Bertz CT molecular complexity index is 47.0. The maximum absolute atomic E-state index is 8.90. The molecular weight excluding hydrogens is 162 g/mol. The second-order valence-electron chi connectivity index (χ2n) is 0.357. The monoisotopic (exact) mass is 166 g/mol. The summed E-state index contributed by atoms with van der Waals surface area (Å²) in [4.78, 5) is 11.6. The van der Waals surface area contributed by atoms with E-state index in [0.29, 0.717) is 0 Å². The van der Waals surface area contributed by atoms with Gasteiger partial charge in [-0.05, 0) is 0 Å². The first-order chi connectivity index (χ1) is 2.27. The predicted molar refractivity (Wildman–Crippen MR) is 21.7 cm³/mol. The van der Waals surface area contributed by atoms with E-state index in [0.717, 1.165) is 0 Å². The standard InChI is InChI=1S/CH2O4.Al.Ni.3H/c2-1(3)5-4;;;;;/h4H,(H,2,3);;;;;. The van der Waals surface area contributed by atoms with Crippen LogP contribution in [0, 0.1) is 0 Å². The number of hydrogen-bond donors (Lipinski definition) is 2. The van der Waals surface area contributed by atoms with Gasteiger partial charge >= 0.3 is 6.16 Å². The van der Waals surface area contributed by atoms with Crippen molar-refractivity contribution in [2.75, 3.05) is 0 Å². The van der Waals surface area contributed by atoms with Gasteiger partial charge in [0.1, 0.15) is 0 Å². The van der Waals surface area contributed by atoms with Crippen molar-refractivity contribution >= 4 is 23.5 Å². The van der Waals surface area contributed by atoms with Crippen LogP contribution < -0.4 is 0 Å². The van der Waals surface area contributed by atoms with Crippen molar-refractivity contribution in [1.82, 2.24) is 0 Å². The zero-order valence-corrected chi connectivity index (χ0v) is 3.51. The Labute approximate surface area is 60.5 Å². The molecule has 6 heteroatoms. The summed E-state index contributed by atoms with van der Waals surface area (Å²) in [5.74, 6) is 0. The van der Waals surface area contributed by atoms with E-state index in [1.165, 1.54) is 0 Å². The van der Waals surface area contributed by atoms with E-state index >= 15 is 0 Å². The van der Waals surface area contributed by atoms with Gasteiger partial charge in [0.05, 0.1) is 0 Å². The van der Waals surface area contributed by atoms with E-state index < -0.39 is 6.16 Å². The molecule has 0 aromatic rings. The Hall–Kier alpha value is 0.256. The minimum atomic E-state index is -1.69. The second-order valence-corrected chi connectivity index (χ2v) is 0.357. The first-order valence-corrected chi connectivity index (χ1v) is 0.814. The molecular formula is CH5AlNiO4. The van der Waals surface area contributed by atoms with Crippen LogP contribution in [0.1, 0.15) is 0 Å². The SMILES string of the molecule is O=C(O)OO.[AlH3].[Ni]. The summed E-state index contributed by atoms with van der Waals surface area (Å²) < 4.78 is 0. The summed E-state index contributed by atoms with van der Waals surface area (Å²) in [6.07, 6.45) is -1.69. The molecule has 2 N–H and O–H groups in total. The zero-order valence-electron chi connectivity index (χ0n) is 2.53. The fraction of sp³-hybridized carbons (Fsp3) is 0. The van der Waals surface area contributed by atoms with Crippen molar-refractivity contribution in [2.24, 2.45) is 0 Å². The third kappa shape index (κ3) is 22.3. The van der Waals surface area contributed by atoms with Gasteiger partial charge < -0.3 is 5.11 Å². The fourth-order valence-electron chi connectivity index (χ4n) is 0. The van der Waals surface area contributed by atoms with Crippen molar-refractivity contribution in [2.45, 2.75) is 0 Å². The number of carboxylic acid groups (broad SMARTS) is 1.